The van der Waals surface area contributed by atoms with Crippen molar-refractivity contribution in [1.29, 1.82) is 0 Å². The van der Waals surface area contributed by atoms with E-state index >= 15 is 0 Å². The lowest BCUT2D eigenvalue weighted by Gasteiger charge is -2.24. The predicted octanol–water partition coefficient (Wildman–Crippen LogP) is 7.18. The van der Waals surface area contributed by atoms with Gasteiger partial charge in [-0.1, -0.05) is 60.1 Å². The molecule has 5 aromatic rings. The summed E-state index contributed by atoms with van der Waals surface area (Å²) in [5, 5.41) is 6.74. The summed E-state index contributed by atoms with van der Waals surface area (Å²) in [7, 11) is 0. The highest BCUT2D eigenvalue weighted by atomic mass is 35.5. The standard InChI is InChI=1S/C27H21ClN4OS2/c28-20-9-5-4-8-18(20)22-14-34-27(31-22)32-25(33)24-23(29)19-13-17-12-16(15-6-2-1-3-7-15)10-11-21(17)30-26(19)35-24/h1-9,13-14,16H,10-12,29H2,(H,31,32,33). The largest absolute Gasteiger partial charge is 0.397 e. The van der Waals surface area contributed by atoms with Crippen LogP contribution in [0.1, 0.15) is 38.8 Å². The first-order valence-electron chi connectivity index (χ1n) is 11.3. The molecule has 35 heavy (non-hydrogen) atoms. The zero-order chi connectivity index (χ0) is 23.9. The molecule has 2 aromatic carbocycles. The van der Waals surface area contributed by atoms with E-state index in [1.165, 1.54) is 33.8 Å². The van der Waals surface area contributed by atoms with E-state index in [1.807, 2.05) is 35.7 Å². The van der Waals surface area contributed by atoms with Gasteiger partial charge >= 0.3 is 0 Å². The monoisotopic (exact) mass is 516 g/mol. The summed E-state index contributed by atoms with van der Waals surface area (Å²) < 4.78 is 0. The van der Waals surface area contributed by atoms with Crippen molar-refractivity contribution in [2.75, 3.05) is 11.1 Å². The van der Waals surface area contributed by atoms with E-state index in [0.29, 0.717) is 26.6 Å². The number of hydrogen-bond acceptors (Lipinski definition) is 6. The summed E-state index contributed by atoms with van der Waals surface area (Å²) in [5.74, 6) is 0.202. The number of amides is 1. The van der Waals surface area contributed by atoms with Crippen LogP contribution in [0.25, 0.3) is 21.5 Å². The molecule has 1 amide bonds. The van der Waals surface area contributed by atoms with Crippen LogP contribution in [0, 0.1) is 0 Å². The lowest BCUT2D eigenvalue weighted by atomic mass is 9.82. The van der Waals surface area contributed by atoms with Crippen LogP contribution in [0.15, 0.2) is 66.0 Å². The summed E-state index contributed by atoms with van der Waals surface area (Å²) in [4.78, 5) is 23.8. The number of aromatic nitrogens is 2. The molecular formula is C27H21ClN4OS2. The molecule has 174 valence electrons. The Hall–Kier alpha value is -3.26. The van der Waals surface area contributed by atoms with E-state index in [9.17, 15) is 4.79 Å². The molecule has 3 aromatic heterocycles. The second kappa shape index (κ2) is 9.07. The van der Waals surface area contributed by atoms with Crippen LogP contribution in [0.3, 0.4) is 0 Å². The quantitative estimate of drug-likeness (QED) is 0.265. The minimum absolute atomic E-state index is 0.273. The van der Waals surface area contributed by atoms with Gasteiger partial charge < -0.3 is 5.73 Å². The third-order valence-electron chi connectivity index (χ3n) is 6.44. The average molecular weight is 517 g/mol. The van der Waals surface area contributed by atoms with Crippen molar-refractivity contribution in [3.63, 3.8) is 0 Å². The maximum absolute atomic E-state index is 13.1. The van der Waals surface area contributed by atoms with Crippen LogP contribution < -0.4 is 11.1 Å². The van der Waals surface area contributed by atoms with Gasteiger partial charge in [0.1, 0.15) is 9.71 Å². The number of halogens is 1. The van der Waals surface area contributed by atoms with E-state index in [4.69, 9.17) is 22.3 Å². The average Bonchev–Trinajstić information content (AvgIpc) is 3.47. The first kappa shape index (κ1) is 22.2. The molecule has 3 N–H and O–H groups in total. The Morgan fingerprint density at radius 1 is 1.09 bits per heavy atom. The molecule has 0 bridgehead atoms. The number of carbonyl (C=O) groups excluding carboxylic acids is 1. The van der Waals surface area contributed by atoms with Crippen LogP contribution in [0.4, 0.5) is 10.8 Å². The molecule has 0 radical (unpaired) electrons. The molecule has 5 nitrogen and oxygen atoms in total. The Morgan fingerprint density at radius 2 is 1.89 bits per heavy atom. The van der Waals surface area contributed by atoms with E-state index in [-0.39, 0.29) is 5.91 Å². The number of anilines is 2. The van der Waals surface area contributed by atoms with Crippen LogP contribution in [-0.4, -0.2) is 15.9 Å². The van der Waals surface area contributed by atoms with Gasteiger partial charge in [-0.05, 0) is 48.4 Å². The number of aryl methyl sites for hydroxylation is 1. The van der Waals surface area contributed by atoms with Gasteiger partial charge in [0.05, 0.1) is 11.4 Å². The molecule has 1 aliphatic rings. The van der Waals surface area contributed by atoms with Gasteiger partial charge in [-0.3, -0.25) is 10.1 Å². The second-order valence-corrected chi connectivity index (χ2v) is 10.9. The molecule has 1 atom stereocenters. The Kier molecular flexibility index (Phi) is 5.76. The van der Waals surface area contributed by atoms with Crippen molar-refractivity contribution >= 4 is 61.2 Å². The fourth-order valence-electron chi connectivity index (χ4n) is 4.65. The smallest absolute Gasteiger partial charge is 0.269 e. The predicted molar refractivity (Wildman–Crippen MR) is 146 cm³/mol. The van der Waals surface area contributed by atoms with E-state index in [1.54, 1.807) is 0 Å². The highest BCUT2D eigenvalue weighted by molar-refractivity contribution is 7.21. The fourth-order valence-corrected chi connectivity index (χ4v) is 6.58. The van der Waals surface area contributed by atoms with Crippen molar-refractivity contribution in [3.8, 4) is 11.3 Å². The molecule has 0 aliphatic heterocycles. The SMILES string of the molecule is Nc1c(C(=O)Nc2nc(-c3ccccc3Cl)cs2)sc2nc3c(cc12)CC(c1ccccc1)CC3. The lowest BCUT2D eigenvalue weighted by Crippen LogP contribution is -2.14. The third-order valence-corrected chi connectivity index (χ3v) is 8.64. The van der Waals surface area contributed by atoms with Gasteiger partial charge in [0, 0.05) is 27.0 Å². The highest BCUT2D eigenvalue weighted by Crippen LogP contribution is 2.39. The first-order valence-corrected chi connectivity index (χ1v) is 13.4. The maximum Gasteiger partial charge on any atom is 0.269 e. The highest BCUT2D eigenvalue weighted by Gasteiger charge is 2.25. The molecule has 0 saturated heterocycles. The Balaban J connectivity index is 1.26. The van der Waals surface area contributed by atoms with Gasteiger partial charge in [0.2, 0.25) is 0 Å². The fraction of sp³-hybridized carbons (Fsp3) is 0.148. The number of nitrogens with one attached hydrogen (secondary N) is 1. The van der Waals surface area contributed by atoms with Crippen LogP contribution in [0.5, 0.6) is 0 Å². The van der Waals surface area contributed by atoms with Gasteiger partial charge in [0.25, 0.3) is 5.91 Å². The van der Waals surface area contributed by atoms with Gasteiger partial charge in [0.15, 0.2) is 5.13 Å². The molecular weight excluding hydrogens is 496 g/mol. The second-order valence-electron chi connectivity index (χ2n) is 8.61. The third kappa shape index (κ3) is 4.20. The molecule has 0 spiro atoms. The number of nitrogens with two attached hydrogens (primary N) is 1. The Bertz CT molecular complexity index is 1560. The summed E-state index contributed by atoms with van der Waals surface area (Å²) in [6, 6.07) is 20.3. The maximum atomic E-state index is 13.1. The van der Waals surface area contributed by atoms with Crippen molar-refractivity contribution < 1.29 is 4.79 Å². The van der Waals surface area contributed by atoms with Crippen LogP contribution in [-0.2, 0) is 12.8 Å². The van der Waals surface area contributed by atoms with Crippen LogP contribution >= 0.6 is 34.3 Å². The van der Waals surface area contributed by atoms with Gasteiger partial charge in [-0.25, -0.2) is 9.97 Å². The number of fused-ring (bicyclic) bond motifs is 2. The van der Waals surface area contributed by atoms with Gasteiger partial charge in [-0.2, -0.15) is 0 Å². The van der Waals surface area contributed by atoms with Crippen molar-refractivity contribution in [2.24, 2.45) is 0 Å². The lowest BCUT2D eigenvalue weighted by molar-refractivity contribution is 0.103. The number of hydrogen-bond donors (Lipinski definition) is 2. The summed E-state index contributed by atoms with van der Waals surface area (Å²) in [6.45, 7) is 0. The zero-order valence-corrected chi connectivity index (χ0v) is 21.0. The normalized spacial score (nSPS) is 15.2. The molecule has 0 fully saturated rings. The number of pyridine rings is 1. The Morgan fingerprint density at radius 3 is 2.71 bits per heavy atom. The van der Waals surface area contributed by atoms with Crippen molar-refractivity contribution in [1.82, 2.24) is 9.97 Å². The number of benzene rings is 2. The molecule has 1 unspecified atom stereocenters. The topological polar surface area (TPSA) is 80.9 Å². The van der Waals surface area contributed by atoms with E-state index in [0.717, 1.165) is 46.4 Å². The number of thiophene rings is 1. The molecule has 1 aliphatic carbocycles. The molecule has 3 heterocycles. The Labute approximate surface area is 215 Å². The molecule has 0 saturated carbocycles. The summed E-state index contributed by atoms with van der Waals surface area (Å²) in [6.07, 6.45) is 2.93. The first-order chi connectivity index (χ1) is 17.1. The minimum atomic E-state index is -0.273. The molecule has 8 heteroatoms. The summed E-state index contributed by atoms with van der Waals surface area (Å²) >= 11 is 8.98. The minimum Gasteiger partial charge on any atom is -0.397 e. The van der Waals surface area contributed by atoms with Crippen LogP contribution in [0.2, 0.25) is 5.02 Å². The van der Waals surface area contributed by atoms with E-state index in [2.05, 4.69) is 40.6 Å². The number of rotatable bonds is 4. The number of nitrogens with zero attached hydrogens (tertiary/aromatic N) is 2. The number of nitrogen functional groups attached to an aromatic ring is 1. The van der Waals surface area contributed by atoms with Crippen molar-refractivity contribution in [2.45, 2.75) is 25.2 Å². The molecule has 6 rings (SSSR count). The van der Waals surface area contributed by atoms with E-state index < -0.39 is 0 Å². The number of carbonyl (C=O) groups is 1. The summed E-state index contributed by atoms with van der Waals surface area (Å²) in [5.41, 5.74) is 12.2. The van der Waals surface area contributed by atoms with Crippen molar-refractivity contribution in [3.05, 3.63) is 92.8 Å². The zero-order valence-electron chi connectivity index (χ0n) is 18.6. The van der Waals surface area contributed by atoms with Gasteiger partial charge in [-0.15, -0.1) is 22.7 Å². The number of thiazole rings is 1.